The van der Waals surface area contributed by atoms with Crippen LogP contribution in [0.2, 0.25) is 0 Å². The molecule has 4 aliphatic heterocycles. The van der Waals surface area contributed by atoms with Crippen LogP contribution in [-0.2, 0) is 14.3 Å². The normalized spacial score (nSPS) is 26.4. The van der Waals surface area contributed by atoms with E-state index in [1.165, 1.54) is 18.5 Å². The average Bonchev–Trinajstić information content (AvgIpc) is 3.34. The highest BCUT2D eigenvalue weighted by atomic mass is 16.5. The van der Waals surface area contributed by atoms with E-state index >= 15 is 0 Å². The molecular weight excluding hydrogens is 342 g/mol. The maximum Gasteiger partial charge on any atom is 0.261 e. The van der Waals surface area contributed by atoms with Crippen molar-refractivity contribution in [1.29, 1.82) is 0 Å². The number of fused-ring (bicyclic) bond motifs is 1. The molecule has 0 aromatic heterocycles. The largest absolute Gasteiger partial charge is 0.383 e. The zero-order chi connectivity index (χ0) is 18.2. The van der Waals surface area contributed by atoms with Crippen LogP contribution in [0.15, 0.2) is 23.9 Å². The van der Waals surface area contributed by atoms with Crippen LogP contribution in [0.4, 0.5) is 11.4 Å². The van der Waals surface area contributed by atoms with Crippen molar-refractivity contribution in [2.75, 3.05) is 55.9 Å². The molecule has 3 fully saturated rings. The summed E-state index contributed by atoms with van der Waals surface area (Å²) >= 11 is 0. The van der Waals surface area contributed by atoms with Gasteiger partial charge in [0, 0.05) is 50.1 Å². The number of anilines is 2. The first-order valence-electron chi connectivity index (χ1n) is 10.2. The van der Waals surface area contributed by atoms with Crippen molar-refractivity contribution in [3.05, 3.63) is 29.5 Å². The van der Waals surface area contributed by atoms with Crippen molar-refractivity contribution in [2.24, 2.45) is 0 Å². The predicted octanol–water partition coefficient (Wildman–Crippen LogP) is 2.14. The number of ether oxygens (including phenoxy) is 2. The van der Waals surface area contributed by atoms with E-state index in [2.05, 4.69) is 28.4 Å². The molecule has 3 saturated heterocycles. The highest BCUT2D eigenvalue weighted by Gasteiger charge is 2.40. The van der Waals surface area contributed by atoms with E-state index in [0.717, 1.165) is 68.2 Å². The fourth-order valence-electron chi connectivity index (χ4n) is 4.71. The third-order valence-corrected chi connectivity index (χ3v) is 6.10. The summed E-state index contributed by atoms with van der Waals surface area (Å²) in [5.74, 6) is 0.114. The molecule has 1 amide bonds. The van der Waals surface area contributed by atoms with Crippen LogP contribution in [0, 0.1) is 0 Å². The molecule has 0 bridgehead atoms. The van der Waals surface area contributed by atoms with Crippen molar-refractivity contribution < 1.29 is 14.3 Å². The van der Waals surface area contributed by atoms with Gasteiger partial charge in [-0.25, -0.2) is 0 Å². The maximum absolute atomic E-state index is 13.5. The molecule has 27 heavy (non-hydrogen) atoms. The monoisotopic (exact) mass is 369 g/mol. The molecule has 6 heteroatoms. The fraction of sp³-hybridized carbons (Fsp3) is 0.571. The lowest BCUT2D eigenvalue weighted by molar-refractivity contribution is -0.113. The molecule has 6 nitrogen and oxygen atoms in total. The van der Waals surface area contributed by atoms with Crippen molar-refractivity contribution >= 4 is 22.9 Å². The van der Waals surface area contributed by atoms with E-state index in [0.29, 0.717) is 13.2 Å². The van der Waals surface area contributed by atoms with Gasteiger partial charge in [0.15, 0.2) is 0 Å². The van der Waals surface area contributed by atoms with Crippen LogP contribution in [0.1, 0.15) is 31.2 Å². The third kappa shape index (κ3) is 3.01. The molecule has 1 aromatic rings. The number of carbonyl (C=O) groups is 1. The van der Waals surface area contributed by atoms with E-state index in [1.54, 1.807) is 0 Å². The van der Waals surface area contributed by atoms with Crippen LogP contribution in [0.3, 0.4) is 0 Å². The van der Waals surface area contributed by atoms with E-state index in [4.69, 9.17) is 9.47 Å². The summed E-state index contributed by atoms with van der Waals surface area (Å²) in [6.07, 6.45) is 4.28. The second kappa shape index (κ2) is 7.17. The summed E-state index contributed by atoms with van der Waals surface area (Å²) in [6.45, 7) is 5.58. The fourth-order valence-corrected chi connectivity index (χ4v) is 4.71. The molecule has 0 aliphatic carbocycles. The molecule has 4 heterocycles. The van der Waals surface area contributed by atoms with Crippen LogP contribution in [0.5, 0.6) is 0 Å². The van der Waals surface area contributed by atoms with Gasteiger partial charge in [-0.05, 0) is 43.9 Å². The first-order valence-corrected chi connectivity index (χ1v) is 10.2. The Morgan fingerprint density at radius 2 is 1.85 bits per heavy atom. The number of hydrogen-bond acceptors (Lipinski definition) is 5. The van der Waals surface area contributed by atoms with Gasteiger partial charge in [-0.3, -0.25) is 4.79 Å². The number of rotatable bonds is 2. The van der Waals surface area contributed by atoms with Gasteiger partial charge in [0.25, 0.3) is 5.91 Å². The number of benzene rings is 1. The van der Waals surface area contributed by atoms with E-state index in [-0.39, 0.29) is 11.9 Å². The van der Waals surface area contributed by atoms with Gasteiger partial charge in [-0.1, -0.05) is 0 Å². The Morgan fingerprint density at radius 3 is 2.59 bits per heavy atom. The lowest BCUT2D eigenvalue weighted by atomic mass is 10.0. The van der Waals surface area contributed by atoms with Gasteiger partial charge in [0.05, 0.1) is 30.2 Å². The second-order valence-corrected chi connectivity index (χ2v) is 7.75. The molecule has 1 N–H and O–H groups in total. The summed E-state index contributed by atoms with van der Waals surface area (Å²) in [7, 11) is 0. The Balaban J connectivity index is 1.58. The van der Waals surface area contributed by atoms with Crippen molar-refractivity contribution in [2.45, 2.75) is 31.7 Å². The molecule has 0 saturated carbocycles. The Morgan fingerprint density at radius 1 is 1.04 bits per heavy atom. The highest BCUT2D eigenvalue weighted by Crippen LogP contribution is 2.43. The van der Waals surface area contributed by atoms with E-state index in [1.807, 2.05) is 4.90 Å². The standard InChI is InChI=1S/C21H27N3O3/c25-21-20(18-14-27-12-7-22-18)17-13-16(23-8-1-2-9-23)3-4-19(17)24(21)15-5-10-26-11-6-15/h3-4,13,15,22H,1-2,5-12,14H2/b20-18-. The number of amides is 1. The minimum absolute atomic E-state index is 0.114. The summed E-state index contributed by atoms with van der Waals surface area (Å²) in [6, 6.07) is 6.76. The maximum atomic E-state index is 13.5. The topological polar surface area (TPSA) is 54.0 Å². The van der Waals surface area contributed by atoms with Gasteiger partial charge in [0.1, 0.15) is 0 Å². The van der Waals surface area contributed by atoms with Crippen molar-refractivity contribution in [3.8, 4) is 0 Å². The molecule has 0 spiro atoms. The minimum Gasteiger partial charge on any atom is -0.383 e. The lowest BCUT2D eigenvalue weighted by Gasteiger charge is -2.31. The Kier molecular flexibility index (Phi) is 4.53. The molecule has 0 radical (unpaired) electrons. The summed E-state index contributed by atoms with van der Waals surface area (Å²) in [5.41, 5.74) is 5.06. The molecular formula is C21H27N3O3. The SMILES string of the molecule is O=C1/C(=C2/COCCN2)c2cc(N3CCCC3)ccc2N1C1CCOCC1. The number of morpholine rings is 1. The third-order valence-electron chi connectivity index (χ3n) is 6.10. The molecule has 0 atom stereocenters. The van der Waals surface area contributed by atoms with Crippen LogP contribution >= 0.6 is 0 Å². The summed E-state index contributed by atoms with van der Waals surface area (Å²) in [4.78, 5) is 18.0. The number of nitrogens with zero attached hydrogens (tertiary/aromatic N) is 2. The molecule has 144 valence electrons. The summed E-state index contributed by atoms with van der Waals surface area (Å²) in [5, 5.41) is 3.41. The quantitative estimate of drug-likeness (QED) is 0.810. The van der Waals surface area contributed by atoms with Gasteiger partial charge in [-0.15, -0.1) is 0 Å². The predicted molar refractivity (Wildman–Crippen MR) is 105 cm³/mol. The zero-order valence-corrected chi connectivity index (χ0v) is 15.7. The molecule has 0 unspecified atom stereocenters. The first-order chi connectivity index (χ1) is 13.3. The van der Waals surface area contributed by atoms with Crippen LogP contribution < -0.4 is 15.1 Å². The first kappa shape index (κ1) is 17.1. The molecule has 5 rings (SSSR count). The highest BCUT2D eigenvalue weighted by molar-refractivity contribution is 6.33. The number of carbonyl (C=O) groups excluding carboxylic acids is 1. The lowest BCUT2D eigenvalue weighted by Crippen LogP contribution is -2.42. The van der Waals surface area contributed by atoms with E-state index in [9.17, 15) is 4.79 Å². The Bertz CT molecular complexity index is 756. The summed E-state index contributed by atoms with van der Waals surface area (Å²) < 4.78 is 11.2. The van der Waals surface area contributed by atoms with Crippen molar-refractivity contribution in [1.82, 2.24) is 5.32 Å². The average molecular weight is 369 g/mol. The van der Waals surface area contributed by atoms with Crippen molar-refractivity contribution in [3.63, 3.8) is 0 Å². The van der Waals surface area contributed by atoms with Crippen LogP contribution in [-0.4, -0.2) is 58.0 Å². The molecule has 1 aromatic carbocycles. The van der Waals surface area contributed by atoms with Gasteiger partial charge >= 0.3 is 0 Å². The second-order valence-electron chi connectivity index (χ2n) is 7.75. The molecule has 4 aliphatic rings. The van der Waals surface area contributed by atoms with Gasteiger partial charge in [0.2, 0.25) is 0 Å². The van der Waals surface area contributed by atoms with Gasteiger partial charge < -0.3 is 24.6 Å². The Labute approximate surface area is 160 Å². The van der Waals surface area contributed by atoms with E-state index < -0.39 is 0 Å². The Hall–Kier alpha value is -2.05. The minimum atomic E-state index is 0.114. The smallest absolute Gasteiger partial charge is 0.261 e. The number of hydrogen-bond donors (Lipinski definition) is 1. The number of nitrogens with one attached hydrogen (secondary N) is 1. The zero-order valence-electron chi connectivity index (χ0n) is 15.7. The van der Waals surface area contributed by atoms with Gasteiger partial charge in [-0.2, -0.15) is 0 Å². The van der Waals surface area contributed by atoms with Crippen LogP contribution in [0.25, 0.3) is 5.57 Å².